The second-order valence-electron chi connectivity index (χ2n) is 7.98. The Morgan fingerprint density at radius 3 is 2.06 bits per heavy atom. The Hall–Kier alpha value is -4.11. The van der Waals surface area contributed by atoms with Crippen molar-refractivity contribution in [3.8, 4) is 5.69 Å². The van der Waals surface area contributed by atoms with Crippen molar-refractivity contribution in [2.75, 3.05) is 0 Å². The molecule has 0 radical (unpaired) electrons. The summed E-state index contributed by atoms with van der Waals surface area (Å²) in [6.45, 7) is 5.72. The lowest BCUT2D eigenvalue weighted by Gasteiger charge is -2.08. The van der Waals surface area contributed by atoms with Crippen LogP contribution in [0.2, 0.25) is 0 Å². The van der Waals surface area contributed by atoms with Gasteiger partial charge in [-0.3, -0.25) is 9.36 Å². The van der Waals surface area contributed by atoms with Crippen LogP contribution in [0.15, 0.2) is 103 Å². The first kappa shape index (κ1) is 17.7. The summed E-state index contributed by atoms with van der Waals surface area (Å²) in [5, 5.41) is 4.37. The smallest absolute Gasteiger partial charge is 0.257 e. The van der Waals surface area contributed by atoms with Crippen LogP contribution in [0, 0.1) is 0 Å². The van der Waals surface area contributed by atoms with Crippen LogP contribution in [0.5, 0.6) is 0 Å². The molecule has 6 rings (SSSR count). The summed E-state index contributed by atoms with van der Waals surface area (Å²) < 4.78 is 4.12. The quantitative estimate of drug-likeness (QED) is 0.285. The summed E-state index contributed by atoms with van der Waals surface area (Å²) >= 11 is 0. The van der Waals surface area contributed by atoms with Crippen LogP contribution in [0.25, 0.3) is 49.3 Å². The maximum atomic E-state index is 13.3. The minimum absolute atomic E-state index is 0.0738. The number of benzene rings is 4. The molecule has 2 heterocycles. The van der Waals surface area contributed by atoms with Crippen molar-refractivity contribution in [3.63, 3.8) is 0 Å². The predicted molar refractivity (Wildman–Crippen MR) is 129 cm³/mol. The van der Waals surface area contributed by atoms with Crippen molar-refractivity contribution in [2.45, 2.75) is 6.92 Å². The third kappa shape index (κ3) is 2.37. The first-order valence-corrected chi connectivity index (χ1v) is 10.4. The van der Waals surface area contributed by atoms with E-state index in [2.05, 4.69) is 77.9 Å². The van der Waals surface area contributed by atoms with E-state index in [0.29, 0.717) is 5.57 Å². The standard InChI is InChI=1S/C28H20N2O/c1-18(2)28(31)30-23-14-8-6-12-20(23)21-16-17-25-26(27(21)30)22-13-7-9-15-24(22)29(25)19-10-4-3-5-11-19/h3-17H,1H2,2H3. The first-order chi connectivity index (χ1) is 15.2. The fourth-order valence-electron chi connectivity index (χ4n) is 4.77. The molecular weight excluding hydrogens is 380 g/mol. The van der Waals surface area contributed by atoms with E-state index in [9.17, 15) is 4.79 Å². The van der Waals surface area contributed by atoms with Crippen molar-refractivity contribution in [1.82, 2.24) is 9.13 Å². The van der Waals surface area contributed by atoms with E-state index < -0.39 is 0 Å². The highest BCUT2D eigenvalue weighted by atomic mass is 16.2. The lowest BCUT2D eigenvalue weighted by molar-refractivity contribution is 0.0965. The molecule has 0 saturated carbocycles. The van der Waals surface area contributed by atoms with Crippen LogP contribution in [0.4, 0.5) is 0 Å². The zero-order chi connectivity index (χ0) is 21.1. The van der Waals surface area contributed by atoms with E-state index in [1.54, 1.807) is 6.92 Å². The fourth-order valence-corrected chi connectivity index (χ4v) is 4.77. The van der Waals surface area contributed by atoms with E-state index in [1.165, 1.54) is 0 Å². The van der Waals surface area contributed by atoms with Gasteiger partial charge in [-0.2, -0.15) is 0 Å². The number of carbonyl (C=O) groups is 1. The van der Waals surface area contributed by atoms with Crippen LogP contribution in [0.1, 0.15) is 11.7 Å². The van der Waals surface area contributed by atoms with E-state index in [1.807, 2.05) is 28.8 Å². The van der Waals surface area contributed by atoms with E-state index in [-0.39, 0.29) is 5.91 Å². The summed E-state index contributed by atoms with van der Waals surface area (Å²) in [5.74, 6) is -0.0738. The van der Waals surface area contributed by atoms with Crippen molar-refractivity contribution in [1.29, 1.82) is 0 Å². The topological polar surface area (TPSA) is 26.9 Å². The molecule has 4 aromatic carbocycles. The largest absolute Gasteiger partial charge is 0.309 e. The van der Waals surface area contributed by atoms with Gasteiger partial charge in [0.1, 0.15) is 0 Å². The molecule has 3 heteroatoms. The molecule has 3 nitrogen and oxygen atoms in total. The summed E-state index contributed by atoms with van der Waals surface area (Å²) in [6.07, 6.45) is 0. The van der Waals surface area contributed by atoms with Crippen molar-refractivity contribution < 1.29 is 4.79 Å². The van der Waals surface area contributed by atoms with Crippen LogP contribution < -0.4 is 0 Å². The molecule has 0 N–H and O–H groups in total. The van der Waals surface area contributed by atoms with Gasteiger partial charge in [-0.05, 0) is 37.3 Å². The van der Waals surface area contributed by atoms with E-state index in [4.69, 9.17) is 0 Å². The number of aromatic nitrogens is 2. The number of fused-ring (bicyclic) bond motifs is 7. The summed E-state index contributed by atoms with van der Waals surface area (Å²) in [6, 6.07) is 31.2. The molecule has 31 heavy (non-hydrogen) atoms. The molecule has 0 aliphatic heterocycles. The van der Waals surface area contributed by atoms with Gasteiger partial charge >= 0.3 is 0 Å². The highest BCUT2D eigenvalue weighted by Gasteiger charge is 2.22. The molecule has 2 aromatic heterocycles. The van der Waals surface area contributed by atoms with Gasteiger partial charge in [0.05, 0.1) is 22.1 Å². The van der Waals surface area contributed by atoms with Gasteiger partial charge < -0.3 is 4.57 Å². The van der Waals surface area contributed by atoms with Gasteiger partial charge in [-0.1, -0.05) is 67.2 Å². The van der Waals surface area contributed by atoms with Crippen LogP contribution in [0.3, 0.4) is 0 Å². The SMILES string of the molecule is C=C(C)C(=O)n1c2ccccc2c2ccc3c(c4ccccc4n3-c3ccccc3)c21. The molecule has 0 spiro atoms. The zero-order valence-corrected chi connectivity index (χ0v) is 17.2. The third-order valence-electron chi connectivity index (χ3n) is 6.05. The number of carbonyl (C=O) groups excluding carboxylic acids is 1. The zero-order valence-electron chi connectivity index (χ0n) is 17.2. The molecule has 0 aliphatic carbocycles. The Kier molecular flexibility index (Phi) is 3.68. The van der Waals surface area contributed by atoms with Crippen molar-refractivity contribution >= 4 is 49.5 Å². The Morgan fingerprint density at radius 1 is 0.677 bits per heavy atom. The molecule has 0 bridgehead atoms. The Labute approximate surface area is 179 Å². The third-order valence-corrected chi connectivity index (χ3v) is 6.05. The second-order valence-corrected chi connectivity index (χ2v) is 7.98. The number of allylic oxidation sites excluding steroid dienone is 1. The monoisotopic (exact) mass is 400 g/mol. The highest BCUT2D eigenvalue weighted by Crippen LogP contribution is 2.40. The second kappa shape index (κ2) is 6.44. The molecule has 0 saturated heterocycles. The van der Waals surface area contributed by atoms with Gasteiger partial charge in [0, 0.05) is 32.8 Å². The minimum Gasteiger partial charge on any atom is -0.309 e. The average Bonchev–Trinajstić information content (AvgIpc) is 3.32. The average molecular weight is 400 g/mol. The van der Waals surface area contributed by atoms with Gasteiger partial charge in [0.25, 0.3) is 5.91 Å². The predicted octanol–water partition coefficient (Wildman–Crippen LogP) is 7.11. The fraction of sp³-hybridized carbons (Fsp3) is 0.0357. The summed E-state index contributed by atoms with van der Waals surface area (Å²) in [7, 11) is 0. The Bertz CT molecular complexity index is 1670. The number of hydrogen-bond acceptors (Lipinski definition) is 1. The molecular formula is C28H20N2O. The lowest BCUT2D eigenvalue weighted by atomic mass is 10.1. The molecule has 0 fully saturated rings. The van der Waals surface area contributed by atoms with Crippen LogP contribution in [-0.2, 0) is 0 Å². The molecule has 0 atom stereocenters. The number of para-hydroxylation sites is 3. The number of nitrogens with zero attached hydrogens (tertiary/aromatic N) is 2. The maximum Gasteiger partial charge on any atom is 0.257 e. The normalized spacial score (nSPS) is 11.6. The van der Waals surface area contributed by atoms with Crippen molar-refractivity contribution in [2.24, 2.45) is 0 Å². The molecule has 6 aromatic rings. The van der Waals surface area contributed by atoms with Gasteiger partial charge in [0.2, 0.25) is 0 Å². The highest BCUT2D eigenvalue weighted by molar-refractivity contribution is 6.28. The van der Waals surface area contributed by atoms with Crippen molar-refractivity contribution in [3.05, 3.63) is 103 Å². The lowest BCUT2D eigenvalue weighted by Crippen LogP contribution is -2.10. The maximum absolute atomic E-state index is 13.3. The molecule has 0 amide bonds. The van der Waals surface area contributed by atoms with Gasteiger partial charge in [0.15, 0.2) is 0 Å². The van der Waals surface area contributed by atoms with Crippen LogP contribution >= 0.6 is 0 Å². The Balaban J connectivity index is 1.92. The molecule has 0 aliphatic rings. The Morgan fingerprint density at radius 2 is 1.32 bits per heavy atom. The number of rotatable bonds is 2. The first-order valence-electron chi connectivity index (χ1n) is 10.4. The molecule has 148 valence electrons. The van der Waals surface area contributed by atoms with E-state index in [0.717, 1.165) is 49.3 Å². The molecule has 0 unspecified atom stereocenters. The van der Waals surface area contributed by atoms with Crippen LogP contribution in [-0.4, -0.2) is 15.0 Å². The van der Waals surface area contributed by atoms with E-state index >= 15 is 0 Å². The van der Waals surface area contributed by atoms with Gasteiger partial charge in [-0.25, -0.2) is 0 Å². The minimum atomic E-state index is -0.0738. The summed E-state index contributed by atoms with van der Waals surface area (Å²) in [4.78, 5) is 13.3. The summed E-state index contributed by atoms with van der Waals surface area (Å²) in [5.41, 5.74) is 5.68. The number of hydrogen-bond donors (Lipinski definition) is 0. The van der Waals surface area contributed by atoms with Gasteiger partial charge in [-0.15, -0.1) is 0 Å².